The molecular weight excluding hydrogens is 284 g/mol. The van der Waals surface area contributed by atoms with Gasteiger partial charge in [-0.05, 0) is 13.3 Å². The molecule has 1 N–H and O–H groups in total. The molecule has 0 aliphatic carbocycles. The number of hydrogen-bond donors (Lipinski definition) is 1. The summed E-state index contributed by atoms with van der Waals surface area (Å²) in [5.74, 6) is -1.52. The third kappa shape index (κ3) is 13.9. The van der Waals surface area contributed by atoms with Crippen LogP contribution in [-0.4, -0.2) is 23.1 Å². The highest BCUT2D eigenvalue weighted by molar-refractivity contribution is 5.75. The zero-order valence-electron chi connectivity index (χ0n) is 14.1. The Balaban J connectivity index is 3.25. The average Bonchev–Trinajstić information content (AvgIpc) is 2.50. The van der Waals surface area contributed by atoms with Crippen LogP contribution >= 0.6 is 0 Å². The molecule has 1 unspecified atom stereocenters. The van der Waals surface area contributed by atoms with Crippen LogP contribution in [0.15, 0.2) is 0 Å². The highest BCUT2D eigenvalue weighted by atomic mass is 17.2. The van der Waals surface area contributed by atoms with Gasteiger partial charge in [-0.3, -0.25) is 0 Å². The summed E-state index contributed by atoms with van der Waals surface area (Å²) < 4.78 is 0. The van der Waals surface area contributed by atoms with Crippen LogP contribution in [0.1, 0.15) is 90.9 Å². The smallest absolute Gasteiger partial charge is 0.382 e. The maximum atomic E-state index is 11.2. The summed E-state index contributed by atoms with van der Waals surface area (Å²) in [5.41, 5.74) is 0. The van der Waals surface area contributed by atoms with E-state index in [1.165, 1.54) is 58.3 Å². The van der Waals surface area contributed by atoms with E-state index in [1.54, 1.807) is 0 Å². The van der Waals surface area contributed by atoms with Crippen molar-refractivity contribution in [1.29, 1.82) is 0 Å². The average molecular weight is 316 g/mol. The summed E-state index contributed by atoms with van der Waals surface area (Å²) in [4.78, 5) is 30.6. The Labute approximate surface area is 134 Å². The van der Waals surface area contributed by atoms with Crippen molar-refractivity contribution in [3.63, 3.8) is 0 Å². The molecule has 0 aromatic heterocycles. The molecular formula is C17H32O5. The Morgan fingerprint density at radius 3 is 1.73 bits per heavy atom. The lowest BCUT2D eigenvalue weighted by molar-refractivity contribution is -0.264. The fourth-order valence-electron chi connectivity index (χ4n) is 2.13. The molecule has 0 fully saturated rings. The topological polar surface area (TPSA) is 72.8 Å². The van der Waals surface area contributed by atoms with Gasteiger partial charge in [-0.2, -0.15) is 0 Å². The van der Waals surface area contributed by atoms with Gasteiger partial charge in [0, 0.05) is 0 Å². The third-order valence-corrected chi connectivity index (χ3v) is 3.54. The largest absolute Gasteiger partial charge is 0.383 e. The van der Waals surface area contributed by atoms with Crippen LogP contribution in [0.5, 0.6) is 0 Å². The standard InChI is InChI=1S/C17H32O5/c1-3-4-5-6-7-8-9-10-11-12-13-14-16(19)21-22-17(20)15(2)18/h15,18H,3-14H2,1-2H3. The molecule has 0 aliphatic heterocycles. The van der Waals surface area contributed by atoms with Gasteiger partial charge < -0.3 is 5.11 Å². The molecule has 130 valence electrons. The second kappa shape index (κ2) is 14.8. The van der Waals surface area contributed by atoms with Crippen LogP contribution in [-0.2, 0) is 19.4 Å². The zero-order chi connectivity index (χ0) is 16.6. The summed E-state index contributed by atoms with van der Waals surface area (Å²) in [6.07, 6.45) is 12.3. The van der Waals surface area contributed by atoms with Gasteiger partial charge in [-0.15, -0.1) is 0 Å². The fraction of sp³-hybridized carbons (Fsp3) is 0.882. The molecule has 0 radical (unpaired) electrons. The van der Waals surface area contributed by atoms with Crippen molar-refractivity contribution in [3.8, 4) is 0 Å². The molecule has 5 nitrogen and oxygen atoms in total. The summed E-state index contributed by atoms with van der Waals surface area (Å²) in [7, 11) is 0. The number of aliphatic hydroxyl groups excluding tert-OH is 1. The third-order valence-electron chi connectivity index (χ3n) is 3.54. The van der Waals surface area contributed by atoms with Crippen molar-refractivity contribution in [2.45, 2.75) is 97.0 Å². The predicted molar refractivity (Wildman–Crippen MR) is 84.9 cm³/mol. The Morgan fingerprint density at radius 1 is 0.818 bits per heavy atom. The van der Waals surface area contributed by atoms with Gasteiger partial charge in [0.05, 0.1) is 6.42 Å². The van der Waals surface area contributed by atoms with Gasteiger partial charge in [-0.25, -0.2) is 19.4 Å². The van der Waals surface area contributed by atoms with Crippen LogP contribution in [0.25, 0.3) is 0 Å². The molecule has 0 heterocycles. The maximum Gasteiger partial charge on any atom is 0.383 e. The molecule has 1 atom stereocenters. The second-order valence-electron chi connectivity index (χ2n) is 5.82. The molecule has 0 saturated carbocycles. The predicted octanol–water partition coefficient (Wildman–Crippen LogP) is 4.07. The van der Waals surface area contributed by atoms with Crippen LogP contribution in [0.4, 0.5) is 0 Å². The fourth-order valence-corrected chi connectivity index (χ4v) is 2.13. The van der Waals surface area contributed by atoms with Crippen LogP contribution < -0.4 is 0 Å². The lowest BCUT2D eigenvalue weighted by Crippen LogP contribution is -2.21. The molecule has 0 amide bonds. The van der Waals surface area contributed by atoms with Crippen LogP contribution in [0.3, 0.4) is 0 Å². The van der Waals surface area contributed by atoms with Crippen molar-refractivity contribution >= 4 is 11.9 Å². The Bertz CT molecular complexity index is 289. The molecule has 5 heteroatoms. The minimum atomic E-state index is -1.28. The van der Waals surface area contributed by atoms with E-state index in [1.807, 2.05) is 0 Å². The monoisotopic (exact) mass is 316 g/mol. The van der Waals surface area contributed by atoms with E-state index >= 15 is 0 Å². The summed E-state index contributed by atoms with van der Waals surface area (Å²) in [6.45, 7) is 3.48. The highest BCUT2D eigenvalue weighted by Crippen LogP contribution is 2.12. The number of carbonyl (C=O) groups is 2. The molecule has 0 aromatic carbocycles. The van der Waals surface area contributed by atoms with Crippen molar-refractivity contribution in [3.05, 3.63) is 0 Å². The van der Waals surface area contributed by atoms with Crippen molar-refractivity contribution in [2.24, 2.45) is 0 Å². The number of aliphatic hydroxyl groups is 1. The normalized spacial score (nSPS) is 12.0. The molecule has 22 heavy (non-hydrogen) atoms. The first-order valence-electron chi connectivity index (χ1n) is 8.67. The first kappa shape index (κ1) is 20.9. The van der Waals surface area contributed by atoms with Gasteiger partial charge in [0.25, 0.3) is 0 Å². The van der Waals surface area contributed by atoms with Gasteiger partial charge >= 0.3 is 11.9 Å². The SMILES string of the molecule is CCCCCCCCCCCCCC(=O)OOC(=O)C(C)O. The van der Waals surface area contributed by atoms with E-state index in [4.69, 9.17) is 5.11 Å². The number of rotatable bonds is 13. The van der Waals surface area contributed by atoms with Gasteiger partial charge in [-0.1, -0.05) is 71.1 Å². The molecule has 0 aromatic rings. The lowest BCUT2D eigenvalue weighted by Gasteiger charge is -2.04. The number of hydrogen-bond acceptors (Lipinski definition) is 5. The van der Waals surface area contributed by atoms with E-state index in [0.717, 1.165) is 19.3 Å². The van der Waals surface area contributed by atoms with E-state index in [0.29, 0.717) is 0 Å². The summed E-state index contributed by atoms with van der Waals surface area (Å²) in [5, 5.41) is 8.85. The minimum Gasteiger partial charge on any atom is -0.382 e. The van der Waals surface area contributed by atoms with Gasteiger partial charge in [0.15, 0.2) is 6.10 Å². The van der Waals surface area contributed by atoms with Crippen molar-refractivity contribution in [1.82, 2.24) is 0 Å². The molecule has 0 rings (SSSR count). The molecule has 0 saturated heterocycles. The second-order valence-corrected chi connectivity index (χ2v) is 5.82. The van der Waals surface area contributed by atoms with E-state index in [-0.39, 0.29) is 6.42 Å². The first-order chi connectivity index (χ1) is 10.6. The Hall–Kier alpha value is -1.10. The van der Waals surface area contributed by atoms with Crippen LogP contribution in [0, 0.1) is 0 Å². The molecule has 0 bridgehead atoms. The summed E-state index contributed by atoms with van der Waals surface area (Å²) >= 11 is 0. The van der Waals surface area contributed by atoms with E-state index < -0.39 is 18.0 Å². The Morgan fingerprint density at radius 2 is 1.27 bits per heavy atom. The number of carbonyl (C=O) groups excluding carboxylic acids is 2. The van der Waals surface area contributed by atoms with Crippen molar-refractivity contribution < 1.29 is 24.5 Å². The summed E-state index contributed by atoms with van der Waals surface area (Å²) in [6, 6.07) is 0. The quantitative estimate of drug-likeness (QED) is 0.315. The zero-order valence-corrected chi connectivity index (χ0v) is 14.1. The van der Waals surface area contributed by atoms with Gasteiger partial charge in [0.1, 0.15) is 0 Å². The minimum absolute atomic E-state index is 0.240. The lowest BCUT2D eigenvalue weighted by atomic mass is 10.1. The first-order valence-corrected chi connectivity index (χ1v) is 8.67. The van der Waals surface area contributed by atoms with E-state index in [2.05, 4.69) is 16.7 Å². The Kier molecular flexibility index (Phi) is 14.1. The highest BCUT2D eigenvalue weighted by Gasteiger charge is 2.14. The van der Waals surface area contributed by atoms with Crippen LogP contribution in [0.2, 0.25) is 0 Å². The molecule has 0 aliphatic rings. The number of unbranched alkanes of at least 4 members (excludes halogenated alkanes) is 10. The maximum absolute atomic E-state index is 11.2. The van der Waals surface area contributed by atoms with Gasteiger partial charge in [0.2, 0.25) is 0 Å². The van der Waals surface area contributed by atoms with E-state index in [9.17, 15) is 9.59 Å². The molecule has 0 spiro atoms. The van der Waals surface area contributed by atoms with Crippen molar-refractivity contribution in [2.75, 3.05) is 0 Å².